The van der Waals surface area contributed by atoms with E-state index in [1.807, 2.05) is 13.8 Å². The van der Waals surface area contributed by atoms with E-state index in [0.717, 1.165) is 13.0 Å². The summed E-state index contributed by atoms with van der Waals surface area (Å²) in [7, 11) is 0. The van der Waals surface area contributed by atoms with Crippen LogP contribution < -0.4 is 10.6 Å². The Hall–Kier alpha value is -2.08. The van der Waals surface area contributed by atoms with Gasteiger partial charge in [-0.15, -0.1) is 0 Å². The van der Waals surface area contributed by atoms with Crippen molar-refractivity contribution in [3.63, 3.8) is 0 Å². The second kappa shape index (κ2) is 6.41. The summed E-state index contributed by atoms with van der Waals surface area (Å²) < 4.78 is 0. The van der Waals surface area contributed by atoms with Gasteiger partial charge in [-0.2, -0.15) is 15.0 Å². The Kier molecular flexibility index (Phi) is 4.81. The zero-order valence-electron chi connectivity index (χ0n) is 9.30. The van der Waals surface area contributed by atoms with Crippen molar-refractivity contribution < 1.29 is 0 Å². The summed E-state index contributed by atoms with van der Waals surface area (Å²) in [5, 5.41) is 9.30. The maximum atomic E-state index is 8.32. The van der Waals surface area contributed by atoms with Crippen molar-refractivity contribution in [3.8, 4) is 0 Å². The third kappa shape index (κ3) is 3.58. The zero-order valence-corrected chi connectivity index (χ0v) is 9.30. The van der Waals surface area contributed by atoms with Crippen LogP contribution >= 0.6 is 0 Å². The largest absolute Gasteiger partial charge is 0.354 e. The van der Waals surface area contributed by atoms with Crippen molar-refractivity contribution in [3.05, 3.63) is 10.4 Å². The minimum Gasteiger partial charge on any atom is -0.354 e. The number of azide groups is 1. The molecule has 0 saturated heterocycles. The number of aromatic nitrogens is 3. The number of nitrogens with one attached hydrogen (secondary N) is 2. The third-order valence-corrected chi connectivity index (χ3v) is 1.63. The zero-order chi connectivity index (χ0) is 11.8. The molecule has 0 amide bonds. The highest BCUT2D eigenvalue weighted by Crippen LogP contribution is 2.11. The van der Waals surface area contributed by atoms with Crippen LogP contribution in [0.2, 0.25) is 0 Å². The normalized spacial score (nSPS) is 9.38. The van der Waals surface area contributed by atoms with Crippen LogP contribution in [-0.4, -0.2) is 28.0 Å². The molecule has 1 heterocycles. The lowest BCUT2D eigenvalue weighted by Gasteiger charge is -2.06. The summed E-state index contributed by atoms with van der Waals surface area (Å²) >= 11 is 0. The monoisotopic (exact) mass is 222 g/mol. The topological polar surface area (TPSA) is 111 Å². The Morgan fingerprint density at radius 2 is 1.88 bits per heavy atom. The Morgan fingerprint density at radius 1 is 1.19 bits per heavy atom. The Labute approximate surface area is 93.1 Å². The van der Waals surface area contributed by atoms with Crippen LogP contribution in [0.1, 0.15) is 20.3 Å². The Balaban J connectivity index is 2.93. The number of anilines is 2. The quantitative estimate of drug-likeness (QED) is 0.434. The predicted molar refractivity (Wildman–Crippen MR) is 61.6 cm³/mol. The second-order valence-corrected chi connectivity index (χ2v) is 2.93. The molecule has 0 aromatic carbocycles. The van der Waals surface area contributed by atoms with Gasteiger partial charge in [0.25, 0.3) is 0 Å². The highest BCUT2D eigenvalue weighted by molar-refractivity contribution is 5.39. The second-order valence-electron chi connectivity index (χ2n) is 2.93. The molecule has 8 nitrogen and oxygen atoms in total. The summed E-state index contributed by atoms with van der Waals surface area (Å²) in [5.41, 5.74) is 8.32. The molecule has 0 saturated carbocycles. The fraction of sp³-hybridized carbons (Fsp3) is 0.625. The maximum absolute atomic E-state index is 8.32. The summed E-state index contributed by atoms with van der Waals surface area (Å²) in [6.45, 7) is 5.40. The molecule has 0 spiro atoms. The van der Waals surface area contributed by atoms with Crippen LogP contribution in [-0.2, 0) is 0 Å². The molecule has 16 heavy (non-hydrogen) atoms. The Morgan fingerprint density at radius 3 is 2.44 bits per heavy atom. The minimum absolute atomic E-state index is 0.0621. The van der Waals surface area contributed by atoms with E-state index in [9.17, 15) is 0 Å². The summed E-state index contributed by atoms with van der Waals surface area (Å²) in [4.78, 5) is 14.6. The van der Waals surface area contributed by atoms with E-state index in [4.69, 9.17) is 5.53 Å². The summed E-state index contributed by atoms with van der Waals surface area (Å²) in [6, 6.07) is 0. The van der Waals surface area contributed by atoms with Crippen LogP contribution in [0.5, 0.6) is 0 Å². The first-order valence-electron chi connectivity index (χ1n) is 5.09. The number of rotatable bonds is 6. The van der Waals surface area contributed by atoms with Gasteiger partial charge >= 0.3 is 0 Å². The van der Waals surface area contributed by atoms with E-state index >= 15 is 0 Å². The van der Waals surface area contributed by atoms with Crippen molar-refractivity contribution in [1.82, 2.24) is 15.0 Å². The lowest BCUT2D eigenvalue weighted by Crippen LogP contribution is -2.08. The van der Waals surface area contributed by atoms with Crippen molar-refractivity contribution in [1.29, 1.82) is 0 Å². The van der Waals surface area contributed by atoms with Gasteiger partial charge in [0.05, 0.1) is 0 Å². The highest BCUT2D eigenvalue weighted by atomic mass is 15.3. The van der Waals surface area contributed by atoms with Crippen LogP contribution in [0.3, 0.4) is 0 Å². The molecule has 0 radical (unpaired) electrons. The summed E-state index contributed by atoms with van der Waals surface area (Å²) in [6.07, 6.45) is 0.957. The molecule has 86 valence electrons. The number of hydrogen-bond donors (Lipinski definition) is 2. The fourth-order valence-electron chi connectivity index (χ4n) is 1.00. The Bertz CT molecular complexity index is 384. The van der Waals surface area contributed by atoms with Gasteiger partial charge in [-0.3, -0.25) is 0 Å². The first kappa shape index (κ1) is 12.0. The van der Waals surface area contributed by atoms with E-state index in [-0.39, 0.29) is 5.95 Å². The van der Waals surface area contributed by atoms with Crippen LogP contribution in [0.25, 0.3) is 10.4 Å². The van der Waals surface area contributed by atoms with Gasteiger partial charge in [0, 0.05) is 18.0 Å². The SMILES string of the molecule is CCCNc1nc(N=[N+]=[N-])nc(NCC)n1. The standard InChI is InChI=1S/C8H14N8/c1-3-5-11-7-12-6(10-4-2)13-8(14-7)15-16-9/h3-5H2,1-2H3,(H2,10,11,12,13,14). The van der Waals surface area contributed by atoms with Crippen LogP contribution in [0, 0.1) is 0 Å². The van der Waals surface area contributed by atoms with Gasteiger partial charge in [0.2, 0.25) is 17.8 Å². The molecule has 0 aliphatic heterocycles. The van der Waals surface area contributed by atoms with Gasteiger partial charge in [0.1, 0.15) is 0 Å². The average Bonchev–Trinajstić information content (AvgIpc) is 2.27. The molecule has 0 bridgehead atoms. The third-order valence-electron chi connectivity index (χ3n) is 1.63. The van der Waals surface area contributed by atoms with E-state index in [1.165, 1.54) is 0 Å². The van der Waals surface area contributed by atoms with Gasteiger partial charge in [-0.05, 0) is 24.0 Å². The van der Waals surface area contributed by atoms with Gasteiger partial charge in [-0.25, -0.2) is 0 Å². The van der Waals surface area contributed by atoms with Gasteiger partial charge < -0.3 is 10.6 Å². The van der Waals surface area contributed by atoms with E-state index < -0.39 is 0 Å². The van der Waals surface area contributed by atoms with Gasteiger partial charge in [0.15, 0.2) is 0 Å². The smallest absolute Gasteiger partial charge is 0.227 e. The van der Waals surface area contributed by atoms with Gasteiger partial charge in [-0.1, -0.05) is 6.92 Å². The van der Waals surface area contributed by atoms with Crippen LogP contribution in [0.15, 0.2) is 5.11 Å². The molecule has 1 aromatic rings. The first-order valence-corrected chi connectivity index (χ1v) is 5.09. The molecule has 0 fully saturated rings. The van der Waals surface area contributed by atoms with Crippen molar-refractivity contribution in [2.24, 2.45) is 5.11 Å². The molecular formula is C8H14N8. The molecule has 0 aliphatic rings. The van der Waals surface area contributed by atoms with Crippen molar-refractivity contribution >= 4 is 17.8 Å². The highest BCUT2D eigenvalue weighted by Gasteiger charge is 2.03. The lowest BCUT2D eigenvalue weighted by atomic mass is 10.5. The first-order chi connectivity index (χ1) is 7.80. The maximum Gasteiger partial charge on any atom is 0.227 e. The molecule has 2 N–H and O–H groups in total. The molecular weight excluding hydrogens is 208 g/mol. The molecule has 1 rings (SSSR count). The lowest BCUT2D eigenvalue weighted by molar-refractivity contribution is 0.933. The van der Waals surface area contributed by atoms with Crippen LogP contribution in [0.4, 0.5) is 17.8 Å². The van der Waals surface area contributed by atoms with Crippen molar-refractivity contribution in [2.75, 3.05) is 23.7 Å². The number of hydrogen-bond acceptors (Lipinski definition) is 6. The molecule has 8 heteroatoms. The van der Waals surface area contributed by atoms with Crippen molar-refractivity contribution in [2.45, 2.75) is 20.3 Å². The molecule has 1 aromatic heterocycles. The molecule has 0 unspecified atom stereocenters. The van der Waals surface area contributed by atoms with E-state index in [1.54, 1.807) is 0 Å². The molecule has 0 aliphatic carbocycles. The number of nitrogens with zero attached hydrogens (tertiary/aromatic N) is 6. The molecule has 0 atom stereocenters. The summed E-state index contributed by atoms with van der Waals surface area (Å²) in [5.74, 6) is 0.876. The average molecular weight is 222 g/mol. The minimum atomic E-state index is 0.0621. The van der Waals surface area contributed by atoms with E-state index in [2.05, 4.69) is 35.6 Å². The fourth-order valence-corrected chi connectivity index (χ4v) is 1.00. The predicted octanol–water partition coefficient (Wildman–Crippen LogP) is 2.07. The van der Waals surface area contributed by atoms with E-state index in [0.29, 0.717) is 18.4 Å².